The van der Waals surface area contributed by atoms with Crippen LogP contribution >= 0.6 is 24.8 Å². The second-order valence-electron chi connectivity index (χ2n) is 8.29. The first-order valence-corrected chi connectivity index (χ1v) is 10.7. The fourth-order valence-corrected chi connectivity index (χ4v) is 5.01. The van der Waals surface area contributed by atoms with Gasteiger partial charge in [0, 0.05) is 25.7 Å². The molecule has 1 aromatic carbocycles. The van der Waals surface area contributed by atoms with Crippen LogP contribution < -0.4 is 15.4 Å². The van der Waals surface area contributed by atoms with Crippen LogP contribution in [0.4, 0.5) is 0 Å². The number of morpholine rings is 1. The quantitative estimate of drug-likeness (QED) is 0.684. The number of benzene rings is 1. The zero-order valence-electron chi connectivity index (χ0n) is 17.7. The molecule has 1 amide bonds. The molecule has 4 rings (SSSR count). The van der Waals surface area contributed by atoms with Crippen molar-refractivity contribution in [1.29, 1.82) is 0 Å². The van der Waals surface area contributed by atoms with Gasteiger partial charge in [-0.15, -0.1) is 24.8 Å². The normalized spacial score (nSPS) is 27.2. The summed E-state index contributed by atoms with van der Waals surface area (Å²) in [5.74, 6) is 1.69. The Kier molecular flexibility index (Phi) is 10.2. The summed E-state index contributed by atoms with van der Waals surface area (Å²) in [5.41, 5.74) is 1.20. The molecule has 2 aliphatic heterocycles. The molecular weight excluding hydrogens is 425 g/mol. The molecule has 6 nitrogen and oxygen atoms in total. The Morgan fingerprint density at radius 2 is 1.90 bits per heavy atom. The third-order valence-electron chi connectivity index (χ3n) is 6.64. The Balaban J connectivity index is 0.00000160. The molecule has 1 saturated carbocycles. The second kappa shape index (κ2) is 12.1. The Morgan fingerprint density at radius 1 is 1.20 bits per heavy atom. The Morgan fingerprint density at radius 3 is 2.57 bits per heavy atom. The first-order valence-electron chi connectivity index (χ1n) is 10.7. The highest BCUT2D eigenvalue weighted by molar-refractivity contribution is 5.85. The number of carbonyl (C=O) groups is 1. The average Bonchev–Trinajstić information content (AvgIpc) is 3.19. The van der Waals surface area contributed by atoms with Gasteiger partial charge in [0.05, 0.1) is 32.4 Å². The fraction of sp³-hybridized carbons (Fsp3) is 0.682. The zero-order chi connectivity index (χ0) is 19.3. The van der Waals surface area contributed by atoms with Crippen LogP contribution in [0.15, 0.2) is 24.3 Å². The summed E-state index contributed by atoms with van der Waals surface area (Å²) in [5, 5.41) is 6.83. The van der Waals surface area contributed by atoms with Gasteiger partial charge in [-0.1, -0.05) is 25.0 Å². The number of fused-ring (bicyclic) bond motifs is 1. The van der Waals surface area contributed by atoms with Crippen LogP contribution in [0.3, 0.4) is 0 Å². The van der Waals surface area contributed by atoms with E-state index in [4.69, 9.17) is 9.47 Å². The Labute approximate surface area is 192 Å². The second-order valence-corrected chi connectivity index (χ2v) is 8.29. The Bertz CT molecular complexity index is 642. The summed E-state index contributed by atoms with van der Waals surface area (Å²) in [7, 11) is 1.68. The molecule has 2 N–H and O–H groups in total. The fourth-order valence-electron chi connectivity index (χ4n) is 5.01. The van der Waals surface area contributed by atoms with E-state index >= 15 is 0 Å². The van der Waals surface area contributed by atoms with Crippen molar-refractivity contribution in [3.63, 3.8) is 0 Å². The highest BCUT2D eigenvalue weighted by Crippen LogP contribution is 2.33. The van der Waals surface area contributed by atoms with Gasteiger partial charge >= 0.3 is 0 Å². The van der Waals surface area contributed by atoms with Crippen molar-refractivity contribution in [2.24, 2.45) is 5.92 Å². The molecule has 2 heterocycles. The van der Waals surface area contributed by atoms with Gasteiger partial charge in [0.15, 0.2) is 0 Å². The lowest BCUT2D eigenvalue weighted by molar-refractivity contribution is -0.123. The van der Waals surface area contributed by atoms with Gasteiger partial charge in [-0.3, -0.25) is 9.69 Å². The molecular formula is C22H35Cl2N3O3. The molecule has 3 aliphatic rings. The van der Waals surface area contributed by atoms with Crippen LogP contribution in [0.2, 0.25) is 0 Å². The van der Waals surface area contributed by atoms with Gasteiger partial charge in [-0.25, -0.2) is 0 Å². The SMILES string of the molecule is COc1ccc(C(CNC(=O)C2CC3CCCCC3N2)N2CCOCC2)cc1.Cl.Cl. The number of halogens is 2. The van der Waals surface area contributed by atoms with Crippen LogP contribution in [-0.2, 0) is 9.53 Å². The number of rotatable bonds is 6. The zero-order valence-corrected chi connectivity index (χ0v) is 19.3. The lowest BCUT2D eigenvalue weighted by atomic mass is 9.85. The molecule has 3 fully saturated rings. The minimum atomic E-state index is -0.0330. The van der Waals surface area contributed by atoms with Gasteiger partial charge in [0.2, 0.25) is 5.91 Å². The molecule has 0 bridgehead atoms. The van der Waals surface area contributed by atoms with Crippen LogP contribution in [0.1, 0.15) is 43.7 Å². The predicted molar refractivity (Wildman–Crippen MR) is 123 cm³/mol. The molecule has 1 aliphatic carbocycles. The topological polar surface area (TPSA) is 62.8 Å². The summed E-state index contributed by atoms with van der Waals surface area (Å²) in [6.07, 6.45) is 6.08. The third kappa shape index (κ3) is 6.01. The summed E-state index contributed by atoms with van der Waals surface area (Å²) in [6.45, 7) is 3.89. The number of carbonyl (C=O) groups excluding carboxylic acids is 1. The number of ether oxygens (including phenoxy) is 2. The Hall–Kier alpha value is -1.05. The van der Waals surface area contributed by atoms with E-state index in [1.54, 1.807) is 7.11 Å². The van der Waals surface area contributed by atoms with E-state index in [2.05, 4.69) is 27.7 Å². The predicted octanol–water partition coefficient (Wildman–Crippen LogP) is 2.95. The van der Waals surface area contributed by atoms with E-state index in [1.165, 1.54) is 31.2 Å². The van der Waals surface area contributed by atoms with E-state index in [0.717, 1.165) is 38.5 Å². The van der Waals surface area contributed by atoms with E-state index in [9.17, 15) is 4.79 Å². The standard InChI is InChI=1S/C22H33N3O3.2ClH/c1-27-18-8-6-16(7-9-18)21(25-10-12-28-13-11-25)15-23-22(26)20-14-17-4-2-3-5-19(17)24-20;;/h6-9,17,19-21,24H,2-5,10-15H2,1H3,(H,23,26);2*1H. The highest BCUT2D eigenvalue weighted by atomic mass is 35.5. The number of methoxy groups -OCH3 is 1. The summed E-state index contributed by atoms with van der Waals surface area (Å²) in [6, 6.07) is 8.86. The van der Waals surface area contributed by atoms with Crippen molar-refractivity contribution in [3.8, 4) is 5.75 Å². The summed E-state index contributed by atoms with van der Waals surface area (Å²) < 4.78 is 10.8. The first kappa shape index (κ1) is 25.2. The van der Waals surface area contributed by atoms with E-state index in [0.29, 0.717) is 18.5 Å². The van der Waals surface area contributed by atoms with Crippen LogP contribution in [-0.4, -0.2) is 62.8 Å². The average molecular weight is 460 g/mol. The highest BCUT2D eigenvalue weighted by Gasteiger charge is 2.38. The summed E-state index contributed by atoms with van der Waals surface area (Å²) in [4.78, 5) is 15.3. The van der Waals surface area contributed by atoms with Gasteiger partial charge in [-0.05, 0) is 42.9 Å². The maximum atomic E-state index is 12.9. The largest absolute Gasteiger partial charge is 0.497 e. The molecule has 1 aromatic rings. The minimum absolute atomic E-state index is 0. The molecule has 4 atom stereocenters. The van der Waals surface area contributed by atoms with Gasteiger partial charge in [-0.2, -0.15) is 0 Å². The molecule has 0 aromatic heterocycles. The van der Waals surface area contributed by atoms with Crippen LogP contribution in [0.25, 0.3) is 0 Å². The molecule has 0 radical (unpaired) electrons. The monoisotopic (exact) mass is 459 g/mol. The molecule has 170 valence electrons. The number of hydrogen-bond acceptors (Lipinski definition) is 5. The number of amides is 1. The number of nitrogens with one attached hydrogen (secondary N) is 2. The molecule has 0 spiro atoms. The smallest absolute Gasteiger partial charge is 0.237 e. The number of hydrogen-bond donors (Lipinski definition) is 2. The third-order valence-corrected chi connectivity index (χ3v) is 6.64. The molecule has 2 saturated heterocycles. The van der Waals surface area contributed by atoms with Crippen molar-refractivity contribution in [1.82, 2.24) is 15.5 Å². The molecule has 30 heavy (non-hydrogen) atoms. The van der Waals surface area contributed by atoms with Crippen LogP contribution in [0.5, 0.6) is 5.75 Å². The first-order chi connectivity index (χ1) is 13.7. The van der Waals surface area contributed by atoms with E-state index in [-0.39, 0.29) is 42.8 Å². The van der Waals surface area contributed by atoms with E-state index < -0.39 is 0 Å². The number of nitrogens with zero attached hydrogens (tertiary/aromatic N) is 1. The van der Waals surface area contributed by atoms with Crippen molar-refractivity contribution in [2.45, 2.75) is 50.2 Å². The maximum absolute atomic E-state index is 12.9. The van der Waals surface area contributed by atoms with Gasteiger partial charge in [0.1, 0.15) is 5.75 Å². The minimum Gasteiger partial charge on any atom is -0.497 e. The van der Waals surface area contributed by atoms with Gasteiger partial charge in [0.25, 0.3) is 0 Å². The van der Waals surface area contributed by atoms with E-state index in [1.807, 2.05) is 12.1 Å². The molecule has 4 unspecified atom stereocenters. The van der Waals surface area contributed by atoms with Crippen molar-refractivity contribution in [2.75, 3.05) is 40.0 Å². The lowest BCUT2D eigenvalue weighted by Crippen LogP contribution is -2.47. The van der Waals surface area contributed by atoms with Crippen LogP contribution in [0, 0.1) is 5.92 Å². The van der Waals surface area contributed by atoms with Crippen molar-refractivity contribution < 1.29 is 14.3 Å². The van der Waals surface area contributed by atoms with Crippen molar-refractivity contribution >= 4 is 30.7 Å². The van der Waals surface area contributed by atoms with Gasteiger partial charge < -0.3 is 20.1 Å². The van der Waals surface area contributed by atoms with Crippen molar-refractivity contribution in [3.05, 3.63) is 29.8 Å². The lowest BCUT2D eigenvalue weighted by Gasteiger charge is -2.35. The summed E-state index contributed by atoms with van der Waals surface area (Å²) >= 11 is 0. The maximum Gasteiger partial charge on any atom is 0.237 e. The molecule has 8 heteroatoms.